The number of aliphatic hydroxyl groups excluding tert-OH is 1. The second kappa shape index (κ2) is 5.01. The molecule has 0 aromatic carbocycles. The Labute approximate surface area is 96.7 Å². The minimum atomic E-state index is -0.501. The third kappa shape index (κ3) is 3.98. The Morgan fingerprint density at radius 2 is 2.06 bits per heavy atom. The summed E-state index contributed by atoms with van der Waals surface area (Å²) in [6.45, 7) is 5.45. The molecule has 1 aliphatic carbocycles. The van der Waals surface area contributed by atoms with E-state index in [9.17, 15) is 9.90 Å². The SMILES string of the molecule is CN(NC(=O)OC(C)(C)C)[C@H]1CCC[C@@H]1O. The van der Waals surface area contributed by atoms with Crippen LogP contribution in [0.5, 0.6) is 0 Å². The van der Waals surface area contributed by atoms with Crippen LogP contribution in [0, 0.1) is 0 Å². The number of ether oxygens (including phenoxy) is 1. The molecule has 1 rings (SSSR count). The van der Waals surface area contributed by atoms with Crippen LogP contribution in [0.3, 0.4) is 0 Å². The molecule has 5 nitrogen and oxygen atoms in total. The zero-order valence-electron chi connectivity index (χ0n) is 10.5. The van der Waals surface area contributed by atoms with Gasteiger partial charge in [-0.1, -0.05) is 0 Å². The molecular formula is C11H22N2O3. The van der Waals surface area contributed by atoms with Crippen LogP contribution in [0.1, 0.15) is 40.0 Å². The number of amides is 1. The lowest BCUT2D eigenvalue weighted by atomic mass is 10.2. The van der Waals surface area contributed by atoms with E-state index in [0.717, 1.165) is 19.3 Å². The number of aliphatic hydroxyl groups is 1. The Morgan fingerprint density at radius 3 is 2.50 bits per heavy atom. The first-order valence-corrected chi connectivity index (χ1v) is 5.70. The molecule has 16 heavy (non-hydrogen) atoms. The highest BCUT2D eigenvalue weighted by atomic mass is 16.6. The predicted octanol–water partition coefficient (Wildman–Crippen LogP) is 1.27. The topological polar surface area (TPSA) is 61.8 Å². The summed E-state index contributed by atoms with van der Waals surface area (Å²) < 4.78 is 5.13. The van der Waals surface area contributed by atoms with Gasteiger partial charge in [-0.2, -0.15) is 0 Å². The Balaban J connectivity index is 2.39. The molecule has 1 amide bonds. The molecule has 1 saturated carbocycles. The standard InChI is InChI=1S/C11H22N2O3/c1-11(2,3)16-10(15)12-13(4)8-6-5-7-9(8)14/h8-9,14H,5-7H2,1-4H3,(H,12,15)/t8-,9-/m0/s1. The van der Waals surface area contributed by atoms with Crippen molar-refractivity contribution in [3.05, 3.63) is 0 Å². The number of likely N-dealkylation sites (N-methyl/N-ethyl adjacent to an activating group) is 1. The highest BCUT2D eigenvalue weighted by Gasteiger charge is 2.30. The summed E-state index contributed by atoms with van der Waals surface area (Å²) in [6, 6.07) is -0.00693. The van der Waals surface area contributed by atoms with Crippen LogP contribution in [0.25, 0.3) is 0 Å². The number of hydrazine groups is 1. The lowest BCUT2D eigenvalue weighted by Crippen LogP contribution is -2.50. The van der Waals surface area contributed by atoms with E-state index in [-0.39, 0.29) is 12.1 Å². The summed E-state index contributed by atoms with van der Waals surface area (Å²) in [6.07, 6.45) is 1.85. The molecule has 0 aromatic heterocycles. The van der Waals surface area contributed by atoms with E-state index >= 15 is 0 Å². The van der Waals surface area contributed by atoms with E-state index in [1.165, 1.54) is 0 Å². The van der Waals surface area contributed by atoms with Gasteiger partial charge in [0, 0.05) is 7.05 Å². The monoisotopic (exact) mass is 230 g/mol. The number of hydrogen-bond donors (Lipinski definition) is 2. The average Bonchev–Trinajstić information content (AvgIpc) is 2.47. The smallest absolute Gasteiger partial charge is 0.422 e. The van der Waals surface area contributed by atoms with E-state index in [1.807, 2.05) is 20.8 Å². The first-order chi connectivity index (χ1) is 7.29. The van der Waals surface area contributed by atoms with Gasteiger partial charge < -0.3 is 9.84 Å². The minimum Gasteiger partial charge on any atom is -0.443 e. The van der Waals surface area contributed by atoms with Crippen LogP contribution in [0.2, 0.25) is 0 Å². The lowest BCUT2D eigenvalue weighted by molar-refractivity contribution is 0.0151. The molecule has 1 aliphatic rings. The van der Waals surface area contributed by atoms with Gasteiger partial charge in [-0.3, -0.25) is 5.43 Å². The largest absolute Gasteiger partial charge is 0.443 e. The first-order valence-electron chi connectivity index (χ1n) is 5.70. The predicted molar refractivity (Wildman–Crippen MR) is 60.8 cm³/mol. The third-order valence-electron chi connectivity index (χ3n) is 2.61. The van der Waals surface area contributed by atoms with Gasteiger partial charge in [0.25, 0.3) is 0 Å². The second-order valence-corrected chi connectivity index (χ2v) is 5.29. The van der Waals surface area contributed by atoms with Crippen LogP contribution >= 0.6 is 0 Å². The molecular weight excluding hydrogens is 208 g/mol. The van der Waals surface area contributed by atoms with Crippen LogP contribution in [-0.2, 0) is 4.74 Å². The van der Waals surface area contributed by atoms with E-state index in [0.29, 0.717) is 0 Å². The fourth-order valence-electron chi connectivity index (χ4n) is 1.90. The quantitative estimate of drug-likeness (QED) is 0.701. The van der Waals surface area contributed by atoms with Gasteiger partial charge in [-0.15, -0.1) is 0 Å². The average molecular weight is 230 g/mol. The molecule has 5 heteroatoms. The number of carbonyl (C=O) groups is 1. The summed E-state index contributed by atoms with van der Waals surface area (Å²) in [7, 11) is 1.75. The maximum absolute atomic E-state index is 11.5. The molecule has 0 aromatic rings. The minimum absolute atomic E-state index is 0.00693. The van der Waals surface area contributed by atoms with Crippen molar-refractivity contribution in [2.45, 2.75) is 57.8 Å². The summed E-state index contributed by atoms with van der Waals surface area (Å²) in [4.78, 5) is 11.5. The van der Waals surface area contributed by atoms with Crippen molar-refractivity contribution < 1.29 is 14.6 Å². The molecule has 0 radical (unpaired) electrons. The Morgan fingerprint density at radius 1 is 1.44 bits per heavy atom. The fourth-order valence-corrected chi connectivity index (χ4v) is 1.90. The summed E-state index contributed by atoms with van der Waals surface area (Å²) >= 11 is 0. The van der Waals surface area contributed by atoms with Crippen molar-refractivity contribution >= 4 is 6.09 Å². The van der Waals surface area contributed by atoms with E-state index < -0.39 is 11.7 Å². The van der Waals surface area contributed by atoms with Crippen molar-refractivity contribution in [3.8, 4) is 0 Å². The maximum atomic E-state index is 11.5. The number of nitrogens with one attached hydrogen (secondary N) is 1. The summed E-state index contributed by atoms with van der Waals surface area (Å²) in [5.41, 5.74) is 2.12. The molecule has 1 fully saturated rings. The number of carbonyl (C=O) groups excluding carboxylic acids is 1. The van der Waals surface area contributed by atoms with Crippen molar-refractivity contribution in [1.29, 1.82) is 0 Å². The first kappa shape index (κ1) is 13.3. The number of hydrogen-bond acceptors (Lipinski definition) is 4. The van der Waals surface area contributed by atoms with E-state index in [4.69, 9.17) is 4.74 Å². The van der Waals surface area contributed by atoms with Crippen molar-refractivity contribution in [2.75, 3.05) is 7.05 Å². The van der Waals surface area contributed by atoms with Gasteiger partial charge in [0.2, 0.25) is 0 Å². The van der Waals surface area contributed by atoms with Gasteiger partial charge in [0.05, 0.1) is 12.1 Å². The fraction of sp³-hybridized carbons (Fsp3) is 0.909. The van der Waals surface area contributed by atoms with Gasteiger partial charge in [0.1, 0.15) is 5.60 Å². The molecule has 2 atom stereocenters. The lowest BCUT2D eigenvalue weighted by Gasteiger charge is -2.28. The van der Waals surface area contributed by atoms with Crippen LogP contribution < -0.4 is 5.43 Å². The molecule has 0 saturated heterocycles. The molecule has 2 N–H and O–H groups in total. The zero-order chi connectivity index (χ0) is 12.3. The van der Waals surface area contributed by atoms with Gasteiger partial charge in [-0.25, -0.2) is 9.80 Å². The zero-order valence-corrected chi connectivity index (χ0v) is 10.5. The summed E-state index contributed by atoms with van der Waals surface area (Å²) in [5, 5.41) is 11.3. The highest BCUT2D eigenvalue weighted by Crippen LogP contribution is 2.22. The van der Waals surface area contributed by atoms with Gasteiger partial charge in [0.15, 0.2) is 0 Å². The summed E-state index contributed by atoms with van der Waals surface area (Å²) in [5.74, 6) is 0. The second-order valence-electron chi connectivity index (χ2n) is 5.29. The van der Waals surface area contributed by atoms with Gasteiger partial charge in [-0.05, 0) is 40.0 Å². The van der Waals surface area contributed by atoms with Crippen LogP contribution in [0.4, 0.5) is 4.79 Å². The van der Waals surface area contributed by atoms with E-state index in [2.05, 4.69) is 5.43 Å². The Kier molecular flexibility index (Phi) is 4.15. The molecule has 94 valence electrons. The van der Waals surface area contributed by atoms with E-state index in [1.54, 1.807) is 12.1 Å². The molecule has 0 spiro atoms. The molecule has 0 unspecified atom stereocenters. The maximum Gasteiger partial charge on any atom is 0.422 e. The third-order valence-corrected chi connectivity index (χ3v) is 2.61. The molecule has 0 bridgehead atoms. The normalized spacial score (nSPS) is 25.9. The number of rotatable bonds is 2. The van der Waals surface area contributed by atoms with Crippen molar-refractivity contribution in [1.82, 2.24) is 10.4 Å². The van der Waals surface area contributed by atoms with Crippen molar-refractivity contribution in [3.63, 3.8) is 0 Å². The Hall–Kier alpha value is -0.810. The van der Waals surface area contributed by atoms with Crippen LogP contribution in [0.15, 0.2) is 0 Å². The molecule has 0 aliphatic heterocycles. The molecule has 0 heterocycles. The van der Waals surface area contributed by atoms with Crippen molar-refractivity contribution in [2.24, 2.45) is 0 Å². The van der Waals surface area contributed by atoms with Gasteiger partial charge >= 0.3 is 6.09 Å². The number of nitrogens with zero attached hydrogens (tertiary/aromatic N) is 1. The Bertz CT molecular complexity index is 250. The van der Waals surface area contributed by atoms with Crippen LogP contribution in [-0.4, -0.2) is 41.0 Å². The highest BCUT2D eigenvalue weighted by molar-refractivity contribution is 5.67.